The van der Waals surface area contributed by atoms with Crippen LogP contribution < -0.4 is 5.32 Å². The summed E-state index contributed by atoms with van der Waals surface area (Å²) in [5.41, 5.74) is 0.857. The van der Waals surface area contributed by atoms with E-state index in [9.17, 15) is 8.78 Å². The van der Waals surface area contributed by atoms with Gasteiger partial charge in [0.2, 0.25) is 0 Å². The Morgan fingerprint density at radius 2 is 1.94 bits per heavy atom. The molecule has 0 radical (unpaired) electrons. The summed E-state index contributed by atoms with van der Waals surface area (Å²) in [6.07, 6.45) is 4.18. The number of aryl methyl sites for hydroxylation is 1. The molecule has 0 saturated heterocycles. The van der Waals surface area contributed by atoms with Crippen LogP contribution in [-0.4, -0.2) is 13.6 Å². The topological polar surface area (TPSA) is 12.0 Å². The van der Waals surface area contributed by atoms with Crippen molar-refractivity contribution in [1.82, 2.24) is 5.32 Å². The van der Waals surface area contributed by atoms with Gasteiger partial charge < -0.3 is 5.32 Å². The normalized spacial score (nSPS) is 24.2. The van der Waals surface area contributed by atoms with Crippen molar-refractivity contribution in [3.8, 4) is 0 Å². The summed E-state index contributed by atoms with van der Waals surface area (Å²) in [7, 11) is 1.90. The lowest BCUT2D eigenvalue weighted by Crippen LogP contribution is -2.28. The first-order chi connectivity index (χ1) is 8.65. The third kappa shape index (κ3) is 2.56. The van der Waals surface area contributed by atoms with Gasteiger partial charge in [-0.05, 0) is 56.8 Å². The van der Waals surface area contributed by atoms with Crippen LogP contribution in [-0.2, 0) is 0 Å². The van der Waals surface area contributed by atoms with Crippen molar-refractivity contribution < 1.29 is 8.78 Å². The van der Waals surface area contributed by atoms with Gasteiger partial charge >= 0.3 is 0 Å². The number of hydrogen-bond acceptors (Lipinski definition) is 1. The van der Waals surface area contributed by atoms with Crippen molar-refractivity contribution in [3.05, 3.63) is 34.9 Å². The first-order valence-corrected chi connectivity index (χ1v) is 6.74. The fourth-order valence-corrected chi connectivity index (χ4v) is 3.11. The van der Waals surface area contributed by atoms with Gasteiger partial charge in [0, 0.05) is 5.56 Å². The van der Waals surface area contributed by atoms with E-state index in [-0.39, 0.29) is 17.6 Å². The summed E-state index contributed by atoms with van der Waals surface area (Å²) in [5, 5.41) is 3.15. The van der Waals surface area contributed by atoms with E-state index in [0.717, 1.165) is 32.2 Å². The number of hydrogen-bond donors (Lipinski definition) is 1. The van der Waals surface area contributed by atoms with Crippen LogP contribution in [0.1, 0.15) is 42.7 Å². The molecule has 100 valence electrons. The van der Waals surface area contributed by atoms with Crippen molar-refractivity contribution in [2.24, 2.45) is 5.92 Å². The van der Waals surface area contributed by atoms with Crippen molar-refractivity contribution in [2.75, 3.05) is 13.6 Å². The average Bonchev–Trinajstić information content (AvgIpc) is 2.37. The highest BCUT2D eigenvalue weighted by molar-refractivity contribution is 5.30. The molecule has 0 bridgehead atoms. The van der Waals surface area contributed by atoms with E-state index in [1.807, 2.05) is 7.05 Å². The molecule has 0 heterocycles. The van der Waals surface area contributed by atoms with Gasteiger partial charge in [-0.1, -0.05) is 18.9 Å². The molecule has 1 N–H and O–H groups in total. The Hall–Kier alpha value is -0.960. The van der Waals surface area contributed by atoms with Crippen molar-refractivity contribution >= 4 is 0 Å². The Morgan fingerprint density at radius 3 is 2.67 bits per heavy atom. The Balaban J connectivity index is 2.36. The second-order valence-electron chi connectivity index (χ2n) is 5.30. The maximum Gasteiger partial charge on any atom is 0.132 e. The fourth-order valence-electron chi connectivity index (χ4n) is 3.11. The van der Waals surface area contributed by atoms with Gasteiger partial charge in [-0.25, -0.2) is 8.78 Å². The molecule has 1 saturated carbocycles. The monoisotopic (exact) mass is 253 g/mol. The SMILES string of the molecule is CNCC1CCCCC1c1c(F)ccc(C)c1F. The minimum Gasteiger partial charge on any atom is -0.319 e. The Bertz CT molecular complexity index is 415. The summed E-state index contributed by atoms with van der Waals surface area (Å²) >= 11 is 0. The zero-order valence-corrected chi connectivity index (χ0v) is 11.1. The van der Waals surface area contributed by atoms with Crippen LogP contribution in [0.2, 0.25) is 0 Å². The van der Waals surface area contributed by atoms with Crippen LogP contribution in [0, 0.1) is 24.5 Å². The highest BCUT2D eigenvalue weighted by atomic mass is 19.1. The van der Waals surface area contributed by atoms with Gasteiger partial charge in [-0.3, -0.25) is 0 Å². The zero-order chi connectivity index (χ0) is 13.1. The molecule has 2 rings (SSSR count). The van der Waals surface area contributed by atoms with E-state index in [4.69, 9.17) is 0 Å². The molecule has 1 aliphatic rings. The second-order valence-corrected chi connectivity index (χ2v) is 5.30. The van der Waals surface area contributed by atoms with Gasteiger partial charge in [0.1, 0.15) is 11.6 Å². The first-order valence-electron chi connectivity index (χ1n) is 6.74. The summed E-state index contributed by atoms with van der Waals surface area (Å²) in [6, 6.07) is 2.92. The molecule has 1 fully saturated rings. The van der Waals surface area contributed by atoms with E-state index in [0.29, 0.717) is 17.0 Å². The van der Waals surface area contributed by atoms with Crippen LogP contribution in [0.5, 0.6) is 0 Å². The summed E-state index contributed by atoms with van der Waals surface area (Å²) in [4.78, 5) is 0. The van der Waals surface area contributed by atoms with Crippen LogP contribution in [0.3, 0.4) is 0 Å². The third-order valence-corrected chi connectivity index (χ3v) is 4.07. The average molecular weight is 253 g/mol. The van der Waals surface area contributed by atoms with Gasteiger partial charge in [-0.2, -0.15) is 0 Å². The molecule has 0 amide bonds. The van der Waals surface area contributed by atoms with Crippen LogP contribution in [0.4, 0.5) is 8.78 Å². The maximum absolute atomic E-state index is 14.2. The van der Waals surface area contributed by atoms with Crippen molar-refractivity contribution in [1.29, 1.82) is 0 Å². The Morgan fingerprint density at radius 1 is 1.22 bits per heavy atom. The van der Waals surface area contributed by atoms with Gasteiger partial charge in [-0.15, -0.1) is 0 Å². The molecular weight excluding hydrogens is 232 g/mol. The molecule has 1 aromatic carbocycles. The van der Waals surface area contributed by atoms with Crippen LogP contribution in [0.25, 0.3) is 0 Å². The van der Waals surface area contributed by atoms with E-state index in [1.165, 1.54) is 12.1 Å². The smallest absolute Gasteiger partial charge is 0.132 e. The molecule has 0 spiro atoms. The van der Waals surface area contributed by atoms with Crippen molar-refractivity contribution in [2.45, 2.75) is 38.5 Å². The third-order valence-electron chi connectivity index (χ3n) is 4.07. The second kappa shape index (κ2) is 5.79. The van der Waals surface area contributed by atoms with Gasteiger partial charge in [0.15, 0.2) is 0 Å². The molecule has 2 unspecified atom stereocenters. The van der Waals surface area contributed by atoms with Crippen LogP contribution >= 0.6 is 0 Å². The first kappa shape index (κ1) is 13.5. The summed E-state index contributed by atoms with van der Waals surface area (Å²) in [6.45, 7) is 2.53. The molecule has 1 aliphatic carbocycles. The molecule has 1 aromatic rings. The molecule has 1 nitrogen and oxygen atoms in total. The quantitative estimate of drug-likeness (QED) is 0.864. The molecule has 0 aliphatic heterocycles. The van der Waals surface area contributed by atoms with E-state index >= 15 is 0 Å². The zero-order valence-electron chi connectivity index (χ0n) is 11.1. The molecular formula is C15H21F2N. The summed E-state index contributed by atoms with van der Waals surface area (Å²) < 4.78 is 28.2. The Labute approximate surface area is 108 Å². The highest BCUT2D eigenvalue weighted by Crippen LogP contribution is 2.40. The molecule has 0 aromatic heterocycles. The van der Waals surface area contributed by atoms with Crippen molar-refractivity contribution in [3.63, 3.8) is 0 Å². The minimum absolute atomic E-state index is 0.0195. The van der Waals surface area contributed by atoms with Crippen LogP contribution in [0.15, 0.2) is 12.1 Å². The van der Waals surface area contributed by atoms with Gasteiger partial charge in [0.25, 0.3) is 0 Å². The van der Waals surface area contributed by atoms with Gasteiger partial charge in [0.05, 0.1) is 0 Å². The number of nitrogens with one attached hydrogen (secondary N) is 1. The lowest BCUT2D eigenvalue weighted by molar-refractivity contribution is 0.288. The largest absolute Gasteiger partial charge is 0.319 e. The lowest BCUT2D eigenvalue weighted by Gasteiger charge is -2.32. The standard InChI is InChI=1S/C15H21F2N/c1-10-7-8-13(16)14(15(10)17)12-6-4-3-5-11(12)9-18-2/h7-8,11-12,18H,3-6,9H2,1-2H3. The minimum atomic E-state index is -0.383. The van der Waals surface area contributed by atoms with E-state index in [2.05, 4.69) is 5.32 Å². The molecule has 18 heavy (non-hydrogen) atoms. The number of halogens is 2. The van der Waals surface area contributed by atoms with E-state index in [1.54, 1.807) is 6.92 Å². The molecule has 2 atom stereocenters. The summed E-state index contributed by atoms with van der Waals surface area (Å²) in [5.74, 6) is -0.366. The lowest BCUT2D eigenvalue weighted by atomic mass is 9.75. The number of rotatable bonds is 3. The predicted molar refractivity (Wildman–Crippen MR) is 69.7 cm³/mol. The maximum atomic E-state index is 14.2. The molecule has 3 heteroatoms. The fraction of sp³-hybridized carbons (Fsp3) is 0.600. The predicted octanol–water partition coefficient (Wildman–Crippen LogP) is 3.77. The highest BCUT2D eigenvalue weighted by Gasteiger charge is 2.30. The van der Waals surface area contributed by atoms with E-state index < -0.39 is 0 Å². The number of benzene rings is 1. The Kier molecular flexibility index (Phi) is 4.33.